The summed E-state index contributed by atoms with van der Waals surface area (Å²) in [5, 5.41) is 7.10. The third-order valence-electron chi connectivity index (χ3n) is 3.76. The molecule has 0 bridgehead atoms. The maximum atomic E-state index is 12.3. The molecule has 2 rings (SSSR count). The largest absolute Gasteiger partial charge is 0.307 e. The van der Waals surface area contributed by atoms with Crippen LogP contribution in [0.1, 0.15) is 35.5 Å². The molecule has 0 aliphatic rings. The van der Waals surface area contributed by atoms with Gasteiger partial charge in [-0.1, -0.05) is 26.0 Å². The molecule has 0 saturated heterocycles. The van der Waals surface area contributed by atoms with Crippen molar-refractivity contribution in [3.8, 4) is 0 Å². The summed E-state index contributed by atoms with van der Waals surface area (Å²) in [5.41, 5.74) is 2.76. The van der Waals surface area contributed by atoms with E-state index in [0.717, 1.165) is 25.3 Å². The number of amides is 1. The van der Waals surface area contributed by atoms with Crippen molar-refractivity contribution in [2.45, 2.75) is 27.3 Å². The van der Waals surface area contributed by atoms with Crippen LogP contribution in [0.25, 0.3) is 0 Å². The van der Waals surface area contributed by atoms with Crippen LogP contribution < -0.4 is 5.32 Å². The van der Waals surface area contributed by atoms with Gasteiger partial charge in [0.1, 0.15) is 5.82 Å². The number of hydrogen-bond acceptors (Lipinski definition) is 3. The van der Waals surface area contributed by atoms with Crippen LogP contribution in [0, 0.1) is 6.92 Å². The number of benzene rings is 1. The highest BCUT2D eigenvalue weighted by Gasteiger charge is 2.10. The zero-order valence-corrected chi connectivity index (χ0v) is 13.8. The van der Waals surface area contributed by atoms with Crippen molar-refractivity contribution in [1.29, 1.82) is 0 Å². The van der Waals surface area contributed by atoms with Gasteiger partial charge < -0.3 is 5.32 Å². The number of hydrogen-bond donors (Lipinski definition) is 1. The Kier molecular flexibility index (Phi) is 5.33. The molecule has 1 amide bonds. The quantitative estimate of drug-likeness (QED) is 0.892. The van der Waals surface area contributed by atoms with E-state index in [-0.39, 0.29) is 5.91 Å². The number of aryl methyl sites for hydroxylation is 2. The Morgan fingerprint density at radius 1 is 1.23 bits per heavy atom. The van der Waals surface area contributed by atoms with Gasteiger partial charge in [-0.2, -0.15) is 5.10 Å². The summed E-state index contributed by atoms with van der Waals surface area (Å²) in [6.45, 7) is 9.17. The summed E-state index contributed by atoms with van der Waals surface area (Å²) >= 11 is 0. The van der Waals surface area contributed by atoms with Crippen molar-refractivity contribution in [1.82, 2.24) is 14.7 Å². The van der Waals surface area contributed by atoms with Crippen molar-refractivity contribution < 1.29 is 4.79 Å². The molecule has 0 fully saturated rings. The molecule has 0 aliphatic heterocycles. The van der Waals surface area contributed by atoms with Gasteiger partial charge in [-0.15, -0.1) is 0 Å². The molecule has 0 spiro atoms. The van der Waals surface area contributed by atoms with Gasteiger partial charge in [-0.3, -0.25) is 14.4 Å². The van der Waals surface area contributed by atoms with Crippen LogP contribution in [0.3, 0.4) is 0 Å². The molecule has 0 unspecified atom stereocenters. The summed E-state index contributed by atoms with van der Waals surface area (Å²) in [4.78, 5) is 14.6. The fraction of sp³-hybridized carbons (Fsp3) is 0.412. The number of aromatic nitrogens is 2. The molecule has 1 aromatic heterocycles. The van der Waals surface area contributed by atoms with Gasteiger partial charge in [-0.05, 0) is 37.7 Å². The van der Waals surface area contributed by atoms with E-state index in [1.807, 2.05) is 44.3 Å². The third kappa shape index (κ3) is 3.95. The van der Waals surface area contributed by atoms with Crippen LogP contribution >= 0.6 is 0 Å². The molecule has 1 heterocycles. The summed E-state index contributed by atoms with van der Waals surface area (Å²) in [7, 11) is 1.82. The topological polar surface area (TPSA) is 50.2 Å². The second-order valence-corrected chi connectivity index (χ2v) is 5.41. The van der Waals surface area contributed by atoms with Crippen LogP contribution in [0.4, 0.5) is 5.82 Å². The summed E-state index contributed by atoms with van der Waals surface area (Å²) < 4.78 is 1.67. The first-order valence-corrected chi connectivity index (χ1v) is 7.66. The van der Waals surface area contributed by atoms with Crippen LogP contribution in [0.5, 0.6) is 0 Å². The lowest BCUT2D eigenvalue weighted by atomic mass is 10.1. The van der Waals surface area contributed by atoms with E-state index in [1.165, 1.54) is 5.56 Å². The Labute approximate surface area is 131 Å². The SMILES string of the molecule is CCN(CC)Cc1ccc(C(=O)Nc2cc(C)nn2C)cc1. The maximum Gasteiger partial charge on any atom is 0.256 e. The van der Waals surface area contributed by atoms with Crippen molar-refractivity contribution >= 4 is 11.7 Å². The van der Waals surface area contributed by atoms with E-state index in [1.54, 1.807) is 4.68 Å². The third-order valence-corrected chi connectivity index (χ3v) is 3.76. The molecule has 118 valence electrons. The van der Waals surface area contributed by atoms with E-state index in [9.17, 15) is 4.79 Å². The summed E-state index contributed by atoms with van der Waals surface area (Å²) in [5.74, 6) is 0.590. The normalized spacial score (nSPS) is 11.0. The van der Waals surface area contributed by atoms with E-state index < -0.39 is 0 Å². The van der Waals surface area contributed by atoms with Crippen LogP contribution in [0.15, 0.2) is 30.3 Å². The fourth-order valence-electron chi connectivity index (χ4n) is 2.38. The smallest absolute Gasteiger partial charge is 0.256 e. The fourth-order valence-corrected chi connectivity index (χ4v) is 2.38. The Hall–Kier alpha value is -2.14. The van der Waals surface area contributed by atoms with Gasteiger partial charge in [0.15, 0.2) is 0 Å². The van der Waals surface area contributed by atoms with Gasteiger partial charge >= 0.3 is 0 Å². The summed E-state index contributed by atoms with van der Waals surface area (Å²) in [6.07, 6.45) is 0. The highest BCUT2D eigenvalue weighted by Crippen LogP contribution is 2.12. The van der Waals surface area contributed by atoms with Crippen molar-refractivity contribution in [3.05, 3.63) is 47.2 Å². The highest BCUT2D eigenvalue weighted by atomic mass is 16.1. The van der Waals surface area contributed by atoms with Crippen molar-refractivity contribution in [3.63, 3.8) is 0 Å². The molecular formula is C17H24N4O. The maximum absolute atomic E-state index is 12.3. The van der Waals surface area contributed by atoms with Crippen LogP contribution in [-0.2, 0) is 13.6 Å². The van der Waals surface area contributed by atoms with E-state index >= 15 is 0 Å². The van der Waals surface area contributed by atoms with Crippen LogP contribution in [-0.4, -0.2) is 33.7 Å². The first kappa shape index (κ1) is 16.2. The minimum atomic E-state index is -0.114. The molecule has 0 aliphatic carbocycles. The molecule has 1 N–H and O–H groups in total. The molecule has 2 aromatic rings. The summed E-state index contributed by atoms with van der Waals surface area (Å²) in [6, 6.07) is 9.63. The number of carbonyl (C=O) groups excluding carboxylic acids is 1. The molecule has 22 heavy (non-hydrogen) atoms. The molecule has 0 saturated carbocycles. The predicted molar refractivity (Wildman–Crippen MR) is 89.0 cm³/mol. The average molecular weight is 300 g/mol. The minimum Gasteiger partial charge on any atom is -0.307 e. The Morgan fingerprint density at radius 2 is 1.86 bits per heavy atom. The van der Waals surface area contributed by atoms with E-state index in [2.05, 4.69) is 29.2 Å². The molecule has 0 atom stereocenters. The molecule has 5 nitrogen and oxygen atoms in total. The van der Waals surface area contributed by atoms with Gasteiger partial charge in [0.2, 0.25) is 0 Å². The number of nitrogens with one attached hydrogen (secondary N) is 1. The number of anilines is 1. The lowest BCUT2D eigenvalue weighted by Crippen LogP contribution is -2.22. The average Bonchev–Trinajstić information content (AvgIpc) is 2.83. The number of nitrogens with zero attached hydrogens (tertiary/aromatic N) is 3. The van der Waals surface area contributed by atoms with Crippen LogP contribution in [0.2, 0.25) is 0 Å². The first-order valence-electron chi connectivity index (χ1n) is 7.66. The van der Waals surface area contributed by atoms with E-state index in [0.29, 0.717) is 11.4 Å². The Bertz CT molecular complexity index is 627. The Balaban J connectivity index is 2.03. The zero-order valence-electron chi connectivity index (χ0n) is 13.8. The van der Waals surface area contributed by atoms with Gasteiger partial charge in [0, 0.05) is 25.2 Å². The highest BCUT2D eigenvalue weighted by molar-refractivity contribution is 6.03. The van der Waals surface area contributed by atoms with Gasteiger partial charge in [0.25, 0.3) is 5.91 Å². The standard InChI is InChI=1S/C17H24N4O/c1-5-21(6-2)12-14-7-9-15(10-8-14)17(22)18-16-11-13(3)19-20(16)4/h7-11H,5-6,12H2,1-4H3,(H,18,22). The first-order chi connectivity index (χ1) is 10.5. The van der Waals surface area contributed by atoms with Crippen molar-refractivity contribution in [2.24, 2.45) is 7.05 Å². The predicted octanol–water partition coefficient (Wildman–Crippen LogP) is 2.82. The molecular weight excluding hydrogens is 276 g/mol. The lowest BCUT2D eigenvalue weighted by Gasteiger charge is -2.18. The number of rotatable bonds is 6. The second-order valence-electron chi connectivity index (χ2n) is 5.41. The number of carbonyl (C=O) groups is 1. The lowest BCUT2D eigenvalue weighted by molar-refractivity contribution is 0.102. The minimum absolute atomic E-state index is 0.114. The Morgan fingerprint density at radius 3 is 2.36 bits per heavy atom. The molecule has 1 aromatic carbocycles. The van der Waals surface area contributed by atoms with Gasteiger partial charge in [-0.25, -0.2) is 0 Å². The second kappa shape index (κ2) is 7.22. The molecule has 5 heteroatoms. The molecule has 0 radical (unpaired) electrons. The zero-order chi connectivity index (χ0) is 16.1. The van der Waals surface area contributed by atoms with Gasteiger partial charge in [0.05, 0.1) is 5.69 Å². The monoisotopic (exact) mass is 300 g/mol. The van der Waals surface area contributed by atoms with Crippen molar-refractivity contribution in [2.75, 3.05) is 18.4 Å². The van der Waals surface area contributed by atoms with E-state index in [4.69, 9.17) is 0 Å².